The van der Waals surface area contributed by atoms with Gasteiger partial charge >= 0.3 is 6.09 Å². The molecule has 8 nitrogen and oxygen atoms in total. The molecule has 8 heteroatoms. The highest BCUT2D eigenvalue weighted by Crippen LogP contribution is 2.24. The largest absolute Gasteiger partial charge is 0.444 e. The van der Waals surface area contributed by atoms with Crippen LogP contribution in [0, 0.1) is 0 Å². The molecule has 1 fully saturated rings. The summed E-state index contributed by atoms with van der Waals surface area (Å²) in [6.07, 6.45) is 3.48. The molecule has 3 aromatic rings. The van der Waals surface area contributed by atoms with Crippen molar-refractivity contribution >= 4 is 23.1 Å². The third-order valence-electron chi connectivity index (χ3n) is 6.08. The van der Waals surface area contributed by atoms with Crippen molar-refractivity contribution in [3.8, 4) is 0 Å². The number of carbonyl (C=O) groups is 1. The van der Waals surface area contributed by atoms with Crippen molar-refractivity contribution in [3.05, 3.63) is 54.4 Å². The number of nitrogens with one attached hydrogen (secondary N) is 2. The van der Waals surface area contributed by atoms with Crippen molar-refractivity contribution in [1.29, 1.82) is 0 Å². The molecule has 0 spiro atoms. The maximum absolute atomic E-state index is 12.2. The average Bonchev–Trinajstić information content (AvgIpc) is 3.11. The third kappa shape index (κ3) is 6.94. The van der Waals surface area contributed by atoms with Gasteiger partial charge in [0.15, 0.2) is 0 Å². The fourth-order valence-electron chi connectivity index (χ4n) is 4.60. The Morgan fingerprint density at radius 1 is 1.06 bits per heavy atom. The number of pyridine rings is 1. The van der Waals surface area contributed by atoms with Crippen molar-refractivity contribution in [2.45, 2.75) is 71.2 Å². The second-order valence-corrected chi connectivity index (χ2v) is 11.0. The number of imidazole rings is 1. The summed E-state index contributed by atoms with van der Waals surface area (Å²) in [6, 6.07) is 14.6. The lowest BCUT2D eigenvalue weighted by Crippen LogP contribution is -2.54. The Balaban J connectivity index is 1.36. The van der Waals surface area contributed by atoms with Crippen LogP contribution in [-0.4, -0.2) is 62.3 Å². The number of fused-ring (bicyclic) bond motifs is 1. The van der Waals surface area contributed by atoms with Gasteiger partial charge in [0, 0.05) is 31.9 Å². The molecular weight excluding hydrogens is 440 g/mol. The highest BCUT2D eigenvalue weighted by atomic mass is 16.6. The number of hydrogen-bond donors (Lipinski definition) is 2. The first-order chi connectivity index (χ1) is 16.6. The van der Waals surface area contributed by atoms with Gasteiger partial charge in [-0.2, -0.15) is 0 Å². The predicted octanol–water partition coefficient (Wildman–Crippen LogP) is 4.66. The van der Waals surface area contributed by atoms with Gasteiger partial charge in [-0.15, -0.1) is 0 Å². The van der Waals surface area contributed by atoms with Crippen LogP contribution in [0.2, 0.25) is 0 Å². The minimum Gasteiger partial charge on any atom is -0.444 e. The zero-order valence-corrected chi connectivity index (χ0v) is 21.5. The van der Waals surface area contributed by atoms with E-state index in [2.05, 4.69) is 37.2 Å². The maximum atomic E-state index is 12.2. The molecule has 0 aliphatic carbocycles. The first-order valence-corrected chi connectivity index (χ1v) is 12.4. The smallest absolute Gasteiger partial charge is 0.408 e. The molecule has 2 N–H and O–H groups in total. The second-order valence-electron chi connectivity index (χ2n) is 11.0. The van der Waals surface area contributed by atoms with Crippen LogP contribution < -0.4 is 10.6 Å². The van der Waals surface area contributed by atoms with Gasteiger partial charge in [-0.05, 0) is 71.7 Å². The number of alkyl carbamates (subject to hydrolysis) is 1. The monoisotopic (exact) mass is 478 g/mol. The molecule has 0 saturated carbocycles. The van der Waals surface area contributed by atoms with E-state index in [0.29, 0.717) is 12.6 Å². The summed E-state index contributed by atoms with van der Waals surface area (Å²) in [6.45, 7) is 13.1. The van der Waals surface area contributed by atoms with Crippen LogP contribution in [0.5, 0.6) is 0 Å². The second kappa shape index (κ2) is 10.2. The highest BCUT2D eigenvalue weighted by molar-refractivity contribution is 5.78. The minimum absolute atomic E-state index is 0.340. The number of anilines is 1. The summed E-state index contributed by atoms with van der Waals surface area (Å²) in [5.74, 6) is 0.891. The number of piperidine rings is 1. The number of likely N-dealkylation sites (tertiary alicyclic amines) is 1. The van der Waals surface area contributed by atoms with Gasteiger partial charge in [0.25, 0.3) is 0 Å². The number of aromatic nitrogens is 3. The third-order valence-corrected chi connectivity index (χ3v) is 6.08. The molecule has 0 unspecified atom stereocenters. The Morgan fingerprint density at radius 3 is 2.46 bits per heavy atom. The van der Waals surface area contributed by atoms with Crippen LogP contribution in [-0.2, 0) is 11.3 Å². The van der Waals surface area contributed by atoms with Crippen LogP contribution in [0.3, 0.4) is 0 Å². The van der Waals surface area contributed by atoms with Crippen LogP contribution in [0.4, 0.5) is 10.7 Å². The molecule has 4 rings (SSSR count). The van der Waals surface area contributed by atoms with E-state index in [-0.39, 0.29) is 11.6 Å². The van der Waals surface area contributed by atoms with Crippen molar-refractivity contribution < 1.29 is 9.53 Å². The zero-order chi connectivity index (χ0) is 25.1. The summed E-state index contributed by atoms with van der Waals surface area (Å²) in [5, 5.41) is 6.73. The quantitative estimate of drug-likeness (QED) is 0.514. The lowest BCUT2D eigenvalue weighted by Gasteiger charge is -2.38. The Kier molecular flexibility index (Phi) is 7.31. The van der Waals surface area contributed by atoms with Crippen LogP contribution in [0.15, 0.2) is 48.7 Å². The molecule has 1 aliphatic heterocycles. The fraction of sp³-hybridized carbons (Fsp3) is 0.519. The minimum atomic E-state index is -0.503. The standard InChI is InChI=1S/C27H38N6O2/c1-26(2,3)35-25(34)31-27(4,5)19-32-16-13-20(14-17-32)29-24-30-22-11-6-7-12-23(22)33(24)18-21-10-8-9-15-28-21/h6-12,15,20H,13-14,16-19H2,1-5H3,(H,29,30)(H,31,34). The molecule has 1 saturated heterocycles. The SMILES string of the molecule is CC(C)(CN1CCC(Nc2nc3ccccc3n2Cc2ccccn2)CC1)NC(=O)OC(C)(C)C. The molecule has 2 aromatic heterocycles. The predicted molar refractivity (Wildman–Crippen MR) is 140 cm³/mol. The van der Waals surface area contributed by atoms with Gasteiger partial charge in [0.2, 0.25) is 5.95 Å². The number of para-hydroxylation sites is 2. The Hall–Kier alpha value is -3.13. The van der Waals surface area contributed by atoms with E-state index in [1.807, 2.05) is 71.1 Å². The molecule has 0 atom stereocenters. The lowest BCUT2D eigenvalue weighted by molar-refractivity contribution is 0.0441. The first-order valence-electron chi connectivity index (χ1n) is 12.4. The van der Waals surface area contributed by atoms with Crippen molar-refractivity contribution in [2.75, 3.05) is 25.0 Å². The van der Waals surface area contributed by atoms with Crippen molar-refractivity contribution in [3.63, 3.8) is 0 Å². The summed E-state index contributed by atoms with van der Waals surface area (Å²) in [5.41, 5.74) is 2.22. The number of ether oxygens (including phenoxy) is 1. The van der Waals surface area contributed by atoms with E-state index < -0.39 is 5.60 Å². The van der Waals surface area contributed by atoms with E-state index in [1.54, 1.807) is 0 Å². The number of nitrogens with zero attached hydrogens (tertiary/aromatic N) is 4. The molecule has 1 aromatic carbocycles. The van der Waals surface area contributed by atoms with Gasteiger partial charge in [-0.25, -0.2) is 9.78 Å². The molecule has 3 heterocycles. The topological polar surface area (TPSA) is 84.3 Å². The Bertz CT molecular complexity index is 1130. The van der Waals surface area contributed by atoms with Gasteiger partial charge in [0.05, 0.1) is 28.8 Å². The number of carbonyl (C=O) groups excluding carboxylic acids is 1. The maximum Gasteiger partial charge on any atom is 0.408 e. The summed E-state index contributed by atoms with van der Waals surface area (Å²) < 4.78 is 7.65. The summed E-state index contributed by atoms with van der Waals surface area (Å²) in [7, 11) is 0. The molecular formula is C27H38N6O2. The van der Waals surface area contributed by atoms with Crippen LogP contribution >= 0.6 is 0 Å². The van der Waals surface area contributed by atoms with E-state index in [1.165, 1.54) is 0 Å². The number of rotatable bonds is 7. The average molecular weight is 479 g/mol. The van der Waals surface area contributed by atoms with E-state index in [9.17, 15) is 4.79 Å². The first kappa shape index (κ1) is 25.0. The van der Waals surface area contributed by atoms with Crippen molar-refractivity contribution in [1.82, 2.24) is 24.8 Å². The number of amides is 1. The Labute approximate surface area is 208 Å². The fourth-order valence-corrected chi connectivity index (χ4v) is 4.60. The van der Waals surface area contributed by atoms with Crippen LogP contribution in [0.25, 0.3) is 11.0 Å². The lowest BCUT2D eigenvalue weighted by atomic mass is 10.0. The molecule has 1 amide bonds. The van der Waals surface area contributed by atoms with E-state index in [4.69, 9.17) is 9.72 Å². The zero-order valence-electron chi connectivity index (χ0n) is 21.5. The number of hydrogen-bond acceptors (Lipinski definition) is 6. The van der Waals surface area contributed by atoms with Gasteiger partial charge < -0.3 is 24.8 Å². The summed E-state index contributed by atoms with van der Waals surface area (Å²) in [4.78, 5) is 24.0. The van der Waals surface area contributed by atoms with Gasteiger partial charge in [-0.1, -0.05) is 18.2 Å². The molecule has 0 radical (unpaired) electrons. The van der Waals surface area contributed by atoms with Gasteiger partial charge in [-0.3, -0.25) is 4.98 Å². The number of benzene rings is 1. The Morgan fingerprint density at radius 2 is 1.77 bits per heavy atom. The van der Waals surface area contributed by atoms with Crippen molar-refractivity contribution in [2.24, 2.45) is 0 Å². The van der Waals surface area contributed by atoms with Crippen LogP contribution in [0.1, 0.15) is 53.2 Å². The van der Waals surface area contributed by atoms with E-state index in [0.717, 1.165) is 55.2 Å². The molecule has 35 heavy (non-hydrogen) atoms. The molecule has 0 bridgehead atoms. The molecule has 188 valence electrons. The summed E-state index contributed by atoms with van der Waals surface area (Å²) >= 11 is 0. The van der Waals surface area contributed by atoms with Gasteiger partial charge in [0.1, 0.15) is 5.60 Å². The normalized spacial score (nSPS) is 15.8. The molecule has 1 aliphatic rings. The highest BCUT2D eigenvalue weighted by Gasteiger charge is 2.29. The van der Waals surface area contributed by atoms with E-state index >= 15 is 0 Å².